The number of non-ortho nitro benzene ring substituents is 1. The molecule has 0 spiro atoms. The predicted molar refractivity (Wildman–Crippen MR) is 87.9 cm³/mol. The standard InChI is InChI=1S/C18H16N2O3/c1-19-16-11-15(12-6-3-2-4-7-12)18(21)17(16)13-8-5-9-14(10-13)20(22)23/h2-10,15,19H,11H2,1H3. The first-order valence-electron chi connectivity index (χ1n) is 7.36. The van der Waals surface area contributed by atoms with Crippen LogP contribution in [0.2, 0.25) is 0 Å². The number of rotatable bonds is 4. The van der Waals surface area contributed by atoms with E-state index >= 15 is 0 Å². The first kappa shape index (κ1) is 15.0. The zero-order valence-electron chi connectivity index (χ0n) is 12.7. The number of hydrogen-bond donors (Lipinski definition) is 1. The van der Waals surface area contributed by atoms with Crippen molar-refractivity contribution >= 4 is 17.0 Å². The van der Waals surface area contributed by atoms with Gasteiger partial charge in [-0.1, -0.05) is 42.5 Å². The Morgan fingerprint density at radius 3 is 2.52 bits per heavy atom. The summed E-state index contributed by atoms with van der Waals surface area (Å²) in [5, 5.41) is 14.1. The molecule has 0 aliphatic heterocycles. The van der Waals surface area contributed by atoms with Crippen molar-refractivity contribution in [3.05, 3.63) is 81.5 Å². The second-order valence-corrected chi connectivity index (χ2v) is 5.44. The van der Waals surface area contributed by atoms with Crippen molar-refractivity contribution in [3.8, 4) is 0 Å². The molecule has 1 aliphatic rings. The van der Waals surface area contributed by atoms with Crippen molar-refractivity contribution in [1.29, 1.82) is 0 Å². The van der Waals surface area contributed by atoms with Crippen LogP contribution < -0.4 is 5.32 Å². The Morgan fingerprint density at radius 2 is 1.87 bits per heavy atom. The van der Waals surface area contributed by atoms with Crippen molar-refractivity contribution in [2.75, 3.05) is 7.05 Å². The summed E-state index contributed by atoms with van der Waals surface area (Å²) >= 11 is 0. The maximum atomic E-state index is 12.9. The molecule has 1 aliphatic carbocycles. The number of nitro groups is 1. The molecule has 0 amide bonds. The Labute approximate surface area is 133 Å². The number of ketones is 1. The van der Waals surface area contributed by atoms with Gasteiger partial charge in [0.1, 0.15) is 0 Å². The summed E-state index contributed by atoms with van der Waals surface area (Å²) in [6.07, 6.45) is 0.581. The fourth-order valence-electron chi connectivity index (χ4n) is 2.99. The summed E-state index contributed by atoms with van der Waals surface area (Å²) in [6.45, 7) is 0. The molecule has 2 aromatic carbocycles. The van der Waals surface area contributed by atoms with Gasteiger partial charge in [0, 0.05) is 36.9 Å². The number of allylic oxidation sites excluding steroid dienone is 2. The quantitative estimate of drug-likeness (QED) is 0.695. The molecule has 23 heavy (non-hydrogen) atoms. The number of nitrogens with zero attached hydrogens (tertiary/aromatic N) is 1. The van der Waals surface area contributed by atoms with Gasteiger partial charge < -0.3 is 5.32 Å². The van der Waals surface area contributed by atoms with E-state index in [-0.39, 0.29) is 17.4 Å². The van der Waals surface area contributed by atoms with Crippen LogP contribution in [0.4, 0.5) is 5.69 Å². The molecule has 0 fully saturated rings. The van der Waals surface area contributed by atoms with Gasteiger partial charge >= 0.3 is 0 Å². The number of carbonyl (C=O) groups excluding carboxylic acids is 1. The lowest BCUT2D eigenvalue weighted by molar-refractivity contribution is -0.384. The number of carbonyl (C=O) groups is 1. The molecule has 0 saturated heterocycles. The van der Waals surface area contributed by atoms with Crippen LogP contribution in [-0.2, 0) is 4.79 Å². The van der Waals surface area contributed by atoms with Crippen LogP contribution in [0.5, 0.6) is 0 Å². The fourth-order valence-corrected chi connectivity index (χ4v) is 2.99. The van der Waals surface area contributed by atoms with E-state index in [4.69, 9.17) is 0 Å². The van der Waals surface area contributed by atoms with Crippen LogP contribution in [0.15, 0.2) is 60.3 Å². The summed E-state index contributed by atoms with van der Waals surface area (Å²) in [5.41, 5.74) is 2.91. The molecule has 1 unspecified atom stereocenters. The number of Topliss-reactive ketones (excluding diaryl/α,β-unsaturated/α-hetero) is 1. The molecule has 116 valence electrons. The minimum absolute atomic E-state index is 0.000970. The van der Waals surface area contributed by atoms with Gasteiger partial charge in [0.2, 0.25) is 0 Å². The molecular weight excluding hydrogens is 292 g/mol. The predicted octanol–water partition coefficient (Wildman–Crippen LogP) is 3.28. The molecule has 0 saturated carbocycles. The second-order valence-electron chi connectivity index (χ2n) is 5.44. The van der Waals surface area contributed by atoms with Crippen LogP contribution in [0, 0.1) is 10.1 Å². The Balaban J connectivity index is 2.02. The summed E-state index contributed by atoms with van der Waals surface area (Å²) in [6, 6.07) is 15.8. The average molecular weight is 308 g/mol. The largest absolute Gasteiger partial charge is 0.391 e. The minimum atomic E-state index is -0.447. The van der Waals surface area contributed by atoms with Crippen molar-refractivity contribution in [1.82, 2.24) is 5.32 Å². The molecule has 1 N–H and O–H groups in total. The third-order valence-electron chi connectivity index (χ3n) is 4.12. The minimum Gasteiger partial charge on any atom is -0.391 e. The van der Waals surface area contributed by atoms with Gasteiger partial charge in [0.25, 0.3) is 5.69 Å². The molecule has 1 atom stereocenters. The van der Waals surface area contributed by atoms with E-state index in [2.05, 4.69) is 5.32 Å². The third-order valence-corrected chi connectivity index (χ3v) is 4.12. The molecule has 3 rings (SSSR count). The van der Waals surface area contributed by atoms with Gasteiger partial charge in [0.05, 0.1) is 10.8 Å². The van der Waals surface area contributed by atoms with Gasteiger partial charge in [-0.05, 0) is 11.1 Å². The Bertz CT molecular complexity index is 797. The Kier molecular flexibility index (Phi) is 3.93. The molecule has 5 heteroatoms. The van der Waals surface area contributed by atoms with Gasteiger partial charge in [-0.3, -0.25) is 14.9 Å². The highest BCUT2D eigenvalue weighted by Gasteiger charge is 2.34. The summed E-state index contributed by atoms with van der Waals surface area (Å²) in [4.78, 5) is 23.4. The zero-order chi connectivity index (χ0) is 16.4. The van der Waals surface area contributed by atoms with Crippen molar-refractivity contribution in [2.45, 2.75) is 12.3 Å². The highest BCUT2D eigenvalue weighted by molar-refractivity contribution is 6.26. The van der Waals surface area contributed by atoms with E-state index in [0.29, 0.717) is 17.6 Å². The monoisotopic (exact) mass is 308 g/mol. The van der Waals surface area contributed by atoms with Crippen molar-refractivity contribution in [2.24, 2.45) is 0 Å². The van der Waals surface area contributed by atoms with Crippen LogP contribution in [0.1, 0.15) is 23.5 Å². The molecule has 0 bridgehead atoms. The normalized spacial score (nSPS) is 17.4. The smallest absolute Gasteiger partial charge is 0.270 e. The highest BCUT2D eigenvalue weighted by atomic mass is 16.6. The first-order valence-corrected chi connectivity index (χ1v) is 7.36. The SMILES string of the molecule is CNC1=C(c2cccc([N+](=O)[O-])c2)C(=O)C(c2ccccc2)C1. The molecule has 0 radical (unpaired) electrons. The van der Waals surface area contributed by atoms with Gasteiger partial charge in [0.15, 0.2) is 5.78 Å². The Morgan fingerprint density at radius 1 is 1.13 bits per heavy atom. The molecule has 0 heterocycles. The van der Waals surface area contributed by atoms with Crippen molar-refractivity contribution < 1.29 is 9.72 Å². The highest BCUT2D eigenvalue weighted by Crippen LogP contribution is 2.39. The van der Waals surface area contributed by atoms with E-state index in [0.717, 1.165) is 11.3 Å². The fraction of sp³-hybridized carbons (Fsp3) is 0.167. The maximum Gasteiger partial charge on any atom is 0.270 e. The van der Waals surface area contributed by atoms with Gasteiger partial charge in [-0.15, -0.1) is 0 Å². The molecule has 2 aromatic rings. The topological polar surface area (TPSA) is 72.2 Å². The lowest BCUT2D eigenvalue weighted by atomic mass is 9.93. The lowest BCUT2D eigenvalue weighted by Gasteiger charge is -2.09. The molecular formula is C18H16N2O3. The molecule has 5 nitrogen and oxygen atoms in total. The van der Waals surface area contributed by atoms with E-state index in [1.54, 1.807) is 19.2 Å². The third kappa shape index (κ3) is 2.73. The number of benzene rings is 2. The number of nitrogens with one attached hydrogen (secondary N) is 1. The first-order chi connectivity index (χ1) is 11.1. The molecule has 0 aromatic heterocycles. The average Bonchev–Trinajstić information content (AvgIpc) is 2.92. The number of nitro benzene ring substituents is 1. The summed E-state index contributed by atoms with van der Waals surface area (Å²) in [7, 11) is 1.77. The summed E-state index contributed by atoms with van der Waals surface area (Å²) < 4.78 is 0. The van der Waals surface area contributed by atoms with Crippen molar-refractivity contribution in [3.63, 3.8) is 0 Å². The van der Waals surface area contributed by atoms with E-state index in [9.17, 15) is 14.9 Å². The summed E-state index contributed by atoms with van der Waals surface area (Å²) in [5.74, 6) is -0.242. The van der Waals surface area contributed by atoms with Crippen LogP contribution in [0.25, 0.3) is 5.57 Å². The zero-order valence-corrected chi connectivity index (χ0v) is 12.7. The second kappa shape index (κ2) is 6.04. The van der Waals surface area contributed by atoms with Crippen LogP contribution in [0.3, 0.4) is 0 Å². The van der Waals surface area contributed by atoms with E-state index in [1.165, 1.54) is 12.1 Å². The van der Waals surface area contributed by atoms with E-state index < -0.39 is 4.92 Å². The van der Waals surface area contributed by atoms with Gasteiger partial charge in [-0.25, -0.2) is 0 Å². The van der Waals surface area contributed by atoms with Crippen LogP contribution >= 0.6 is 0 Å². The van der Waals surface area contributed by atoms with Crippen LogP contribution in [-0.4, -0.2) is 17.8 Å². The Hall–Kier alpha value is -2.95. The van der Waals surface area contributed by atoms with Gasteiger partial charge in [-0.2, -0.15) is 0 Å². The van der Waals surface area contributed by atoms with E-state index in [1.807, 2.05) is 30.3 Å². The lowest BCUT2D eigenvalue weighted by Crippen LogP contribution is -2.08. The number of hydrogen-bond acceptors (Lipinski definition) is 4. The maximum absolute atomic E-state index is 12.9.